The zero-order valence-corrected chi connectivity index (χ0v) is 21.8. The van der Waals surface area contributed by atoms with Crippen molar-refractivity contribution in [3.63, 3.8) is 0 Å². The second-order valence-corrected chi connectivity index (χ2v) is 9.60. The van der Waals surface area contributed by atoms with Crippen LogP contribution < -0.4 is 9.47 Å². The van der Waals surface area contributed by atoms with Gasteiger partial charge in [0.25, 0.3) is 0 Å². The van der Waals surface area contributed by atoms with Crippen molar-refractivity contribution >= 4 is 43.4 Å². The second kappa shape index (κ2) is 11.7. The Morgan fingerprint density at radius 3 is 2.07 bits per heavy atom. The second-order valence-electron chi connectivity index (χ2n) is 8.58. The van der Waals surface area contributed by atoms with Crippen LogP contribution >= 0.6 is 11.3 Å². The molecule has 0 aliphatic rings. The number of carbonyl (C=O) groups excluding carboxylic acids is 2. The van der Waals surface area contributed by atoms with E-state index in [-0.39, 0.29) is 27.6 Å². The molecular weight excluding hydrogens is 574 g/mol. The lowest BCUT2D eigenvalue weighted by Crippen LogP contribution is -2.17. The van der Waals surface area contributed by atoms with E-state index in [9.17, 15) is 35.9 Å². The predicted molar refractivity (Wildman–Crippen MR) is 142 cm³/mol. The number of esters is 2. The van der Waals surface area contributed by atoms with Gasteiger partial charge in [0, 0.05) is 28.5 Å². The molecule has 1 aromatic heterocycles. The van der Waals surface area contributed by atoms with E-state index in [1.807, 2.05) is 0 Å². The third-order valence-corrected chi connectivity index (χ3v) is 7.13. The zero-order valence-electron chi connectivity index (χ0n) is 21.0. The van der Waals surface area contributed by atoms with Gasteiger partial charge in [0.05, 0.1) is 16.0 Å². The molecule has 12 heteroatoms. The van der Waals surface area contributed by atoms with Crippen molar-refractivity contribution in [2.75, 3.05) is 6.61 Å². The number of thiophene rings is 1. The van der Waals surface area contributed by atoms with E-state index in [2.05, 4.69) is 17.9 Å². The topological polar surface area (TPSA) is 61.8 Å². The lowest BCUT2D eigenvalue weighted by Gasteiger charge is -2.15. The Balaban J connectivity index is 1.81. The molecule has 5 nitrogen and oxygen atoms in total. The molecule has 0 spiro atoms. The zero-order chi connectivity index (χ0) is 29.9. The Bertz CT molecular complexity index is 1630. The van der Waals surface area contributed by atoms with Crippen molar-refractivity contribution < 1.29 is 50.1 Å². The standard InChI is InChI=1S/C29H20F6O5S/c1-3-22(36)38-15-5-6-16-7-9-17(10-8-16)18-11-12-20-19-13-14-21(39-23(37)4-2)24(28(30,31)32)26(19)41-27(20)25(18)40-29(33,34)35/h3-4,7-14H,1-2,5-6,15H2. The maximum atomic E-state index is 14.1. The number of halogens is 6. The fraction of sp³-hybridized carbons (Fsp3) is 0.172. The highest BCUT2D eigenvalue weighted by Crippen LogP contribution is 2.51. The van der Waals surface area contributed by atoms with E-state index in [0.29, 0.717) is 35.8 Å². The summed E-state index contributed by atoms with van der Waals surface area (Å²) in [6.45, 7) is 6.63. The first-order valence-electron chi connectivity index (χ1n) is 11.9. The maximum Gasteiger partial charge on any atom is 0.573 e. The first kappa shape index (κ1) is 29.7. The van der Waals surface area contributed by atoms with Gasteiger partial charge in [-0.25, -0.2) is 9.59 Å². The van der Waals surface area contributed by atoms with E-state index >= 15 is 0 Å². The molecular formula is C29H20F6O5S. The average Bonchev–Trinajstić information content (AvgIpc) is 3.28. The fourth-order valence-corrected chi connectivity index (χ4v) is 5.51. The van der Waals surface area contributed by atoms with Gasteiger partial charge >= 0.3 is 24.5 Å². The summed E-state index contributed by atoms with van der Waals surface area (Å²) in [5.74, 6) is -3.13. The van der Waals surface area contributed by atoms with Crippen LogP contribution in [0.2, 0.25) is 0 Å². The molecule has 3 aromatic carbocycles. The number of carbonyl (C=O) groups is 2. The average molecular weight is 595 g/mol. The molecule has 41 heavy (non-hydrogen) atoms. The molecule has 0 unspecified atom stereocenters. The van der Waals surface area contributed by atoms with Crippen LogP contribution in [0, 0.1) is 0 Å². The van der Waals surface area contributed by atoms with Crippen molar-refractivity contribution in [2.45, 2.75) is 25.4 Å². The van der Waals surface area contributed by atoms with E-state index < -0.39 is 46.2 Å². The quantitative estimate of drug-likeness (QED) is 0.0641. The van der Waals surface area contributed by atoms with Crippen LogP contribution in [0.4, 0.5) is 26.3 Å². The van der Waals surface area contributed by atoms with Gasteiger partial charge < -0.3 is 14.2 Å². The van der Waals surface area contributed by atoms with Crippen LogP contribution in [-0.4, -0.2) is 24.9 Å². The molecule has 0 aliphatic carbocycles. The molecule has 0 radical (unpaired) electrons. The molecule has 4 aromatic rings. The highest BCUT2D eigenvalue weighted by molar-refractivity contribution is 7.26. The summed E-state index contributed by atoms with van der Waals surface area (Å²) in [6, 6.07) is 11.4. The van der Waals surface area contributed by atoms with Crippen LogP contribution in [0.15, 0.2) is 73.8 Å². The number of hydrogen-bond acceptors (Lipinski definition) is 6. The van der Waals surface area contributed by atoms with Crippen molar-refractivity contribution in [2.24, 2.45) is 0 Å². The highest BCUT2D eigenvalue weighted by atomic mass is 32.1. The van der Waals surface area contributed by atoms with E-state index in [1.54, 1.807) is 24.3 Å². The Hall–Kier alpha value is -4.32. The lowest BCUT2D eigenvalue weighted by molar-refractivity contribution is -0.273. The Morgan fingerprint density at radius 2 is 1.46 bits per heavy atom. The Labute approximate surface area is 233 Å². The number of fused-ring (bicyclic) bond motifs is 3. The number of rotatable bonds is 9. The highest BCUT2D eigenvalue weighted by Gasteiger charge is 2.39. The van der Waals surface area contributed by atoms with Gasteiger partial charge in [0.2, 0.25) is 0 Å². The summed E-state index contributed by atoms with van der Waals surface area (Å²) in [5, 5.41) is 0.118. The molecule has 0 aliphatic heterocycles. The number of ether oxygens (including phenoxy) is 3. The maximum absolute atomic E-state index is 14.1. The summed E-state index contributed by atoms with van der Waals surface area (Å²) in [6.07, 6.45) is -7.38. The molecule has 0 fully saturated rings. The third kappa shape index (κ3) is 6.71. The molecule has 0 amide bonds. The van der Waals surface area contributed by atoms with Crippen molar-refractivity contribution in [3.8, 4) is 22.6 Å². The van der Waals surface area contributed by atoms with Crippen molar-refractivity contribution in [1.29, 1.82) is 0 Å². The minimum atomic E-state index is -5.14. The van der Waals surface area contributed by atoms with E-state index in [4.69, 9.17) is 9.47 Å². The summed E-state index contributed by atoms with van der Waals surface area (Å²) >= 11 is 0.450. The number of aryl methyl sites for hydroxylation is 1. The molecule has 0 N–H and O–H groups in total. The first-order valence-corrected chi connectivity index (χ1v) is 12.7. The molecule has 0 bridgehead atoms. The predicted octanol–water partition coefficient (Wildman–Crippen LogP) is 8.39. The van der Waals surface area contributed by atoms with Gasteiger partial charge in [-0.2, -0.15) is 13.2 Å². The van der Waals surface area contributed by atoms with Crippen LogP contribution in [-0.2, 0) is 26.9 Å². The van der Waals surface area contributed by atoms with Crippen LogP contribution in [0.5, 0.6) is 11.5 Å². The lowest BCUT2D eigenvalue weighted by atomic mass is 9.99. The van der Waals surface area contributed by atoms with Gasteiger partial charge in [0.15, 0.2) is 5.75 Å². The summed E-state index contributed by atoms with van der Waals surface area (Å²) in [5.41, 5.74) is -0.128. The fourth-order valence-electron chi connectivity index (χ4n) is 4.17. The Kier molecular flexibility index (Phi) is 8.43. The third-order valence-electron chi connectivity index (χ3n) is 5.89. The molecule has 0 atom stereocenters. The number of benzene rings is 3. The van der Waals surface area contributed by atoms with Crippen LogP contribution in [0.25, 0.3) is 31.3 Å². The van der Waals surface area contributed by atoms with Crippen molar-refractivity contribution in [3.05, 3.63) is 85.0 Å². The van der Waals surface area contributed by atoms with Crippen LogP contribution in [0.3, 0.4) is 0 Å². The Morgan fingerprint density at radius 1 is 0.829 bits per heavy atom. The van der Waals surface area contributed by atoms with E-state index in [1.165, 1.54) is 18.2 Å². The minimum Gasteiger partial charge on any atom is -0.463 e. The van der Waals surface area contributed by atoms with Gasteiger partial charge in [-0.15, -0.1) is 24.5 Å². The summed E-state index contributed by atoms with van der Waals surface area (Å²) in [7, 11) is 0. The summed E-state index contributed by atoms with van der Waals surface area (Å²) in [4.78, 5) is 22.8. The molecule has 0 saturated carbocycles. The van der Waals surface area contributed by atoms with Crippen LogP contribution in [0.1, 0.15) is 17.5 Å². The van der Waals surface area contributed by atoms with Gasteiger partial charge in [-0.3, -0.25) is 0 Å². The SMILES string of the molecule is C=CC(=O)OCCCc1ccc(-c2ccc3c(sc4c(C(F)(F)F)c(OC(=O)C=C)ccc43)c2OC(F)(F)F)cc1. The van der Waals surface area contributed by atoms with E-state index in [0.717, 1.165) is 17.7 Å². The molecule has 0 saturated heterocycles. The largest absolute Gasteiger partial charge is 0.573 e. The normalized spacial score (nSPS) is 11.9. The van der Waals surface area contributed by atoms with Gasteiger partial charge in [-0.1, -0.05) is 43.5 Å². The summed E-state index contributed by atoms with van der Waals surface area (Å²) < 4.78 is 96.5. The number of alkyl halides is 6. The van der Waals surface area contributed by atoms with Gasteiger partial charge in [-0.05, 0) is 42.2 Å². The molecule has 4 rings (SSSR count). The smallest absolute Gasteiger partial charge is 0.463 e. The van der Waals surface area contributed by atoms with Crippen molar-refractivity contribution in [1.82, 2.24) is 0 Å². The van der Waals surface area contributed by atoms with Gasteiger partial charge in [0.1, 0.15) is 11.3 Å². The minimum absolute atomic E-state index is 0.0136. The molecule has 214 valence electrons. The number of hydrogen-bond donors (Lipinski definition) is 0. The molecule has 1 heterocycles. The monoisotopic (exact) mass is 594 g/mol. The first-order chi connectivity index (χ1) is 19.3.